The predicted octanol–water partition coefficient (Wildman–Crippen LogP) is 6.13. The Bertz CT molecular complexity index is 467. The minimum absolute atomic E-state index is 0.0879. The standard InChI is InChI=1S/C19H32N2S/c1-16(2,3)19(17(4,5)6)21-20-18(22-19)14-8-12-7-13(10-14)11-15(18)9-12/h12-15H,7-11H2,1-6H3. The van der Waals surface area contributed by atoms with E-state index in [2.05, 4.69) is 53.3 Å². The minimum Gasteiger partial charge on any atom is -0.174 e. The molecule has 2 nitrogen and oxygen atoms in total. The van der Waals surface area contributed by atoms with Crippen molar-refractivity contribution in [2.45, 2.75) is 83.4 Å². The normalized spacial score (nSPS) is 45.9. The van der Waals surface area contributed by atoms with Crippen molar-refractivity contribution in [1.29, 1.82) is 0 Å². The molecule has 0 aromatic carbocycles. The molecule has 1 aliphatic heterocycles. The largest absolute Gasteiger partial charge is 0.174 e. The summed E-state index contributed by atoms with van der Waals surface area (Å²) in [6, 6.07) is 0. The lowest BCUT2D eigenvalue weighted by Crippen LogP contribution is -2.56. The maximum Gasteiger partial charge on any atom is 0.138 e. The number of azo groups is 1. The molecule has 4 aliphatic carbocycles. The van der Waals surface area contributed by atoms with E-state index in [-0.39, 0.29) is 20.6 Å². The fourth-order valence-electron chi connectivity index (χ4n) is 6.35. The van der Waals surface area contributed by atoms with Crippen LogP contribution in [0.1, 0.15) is 73.6 Å². The zero-order valence-electron chi connectivity index (χ0n) is 15.1. The molecule has 1 heterocycles. The van der Waals surface area contributed by atoms with Gasteiger partial charge in [0.05, 0.1) is 0 Å². The molecule has 0 saturated heterocycles. The van der Waals surface area contributed by atoms with Gasteiger partial charge in [0.25, 0.3) is 0 Å². The maximum absolute atomic E-state index is 5.14. The smallest absolute Gasteiger partial charge is 0.138 e. The molecule has 4 fully saturated rings. The Hall–Kier alpha value is -0.0500. The van der Waals surface area contributed by atoms with Crippen LogP contribution < -0.4 is 0 Å². The van der Waals surface area contributed by atoms with Crippen molar-refractivity contribution in [2.24, 2.45) is 44.7 Å². The lowest BCUT2D eigenvalue weighted by atomic mass is 9.54. The first-order valence-corrected chi connectivity index (χ1v) is 10.0. The molecule has 5 aliphatic rings. The second kappa shape index (κ2) is 4.32. The summed E-state index contributed by atoms with van der Waals surface area (Å²) in [5.74, 6) is 3.60. The number of thioether (sulfide) groups is 1. The first-order valence-electron chi connectivity index (χ1n) is 9.22. The zero-order valence-corrected chi connectivity index (χ0v) is 16.0. The van der Waals surface area contributed by atoms with Crippen LogP contribution in [-0.2, 0) is 0 Å². The number of nitrogens with zero attached hydrogens (tertiary/aromatic N) is 2. The average Bonchev–Trinajstić information content (AvgIpc) is 2.77. The minimum atomic E-state index is -0.0879. The van der Waals surface area contributed by atoms with E-state index < -0.39 is 0 Å². The van der Waals surface area contributed by atoms with E-state index in [0.717, 1.165) is 23.7 Å². The van der Waals surface area contributed by atoms with Crippen molar-refractivity contribution in [1.82, 2.24) is 0 Å². The van der Waals surface area contributed by atoms with Gasteiger partial charge in [-0.1, -0.05) is 53.3 Å². The Labute approximate surface area is 140 Å². The average molecular weight is 321 g/mol. The van der Waals surface area contributed by atoms with Gasteiger partial charge in [-0.25, -0.2) is 0 Å². The Kier molecular flexibility index (Phi) is 3.04. The quantitative estimate of drug-likeness (QED) is 0.527. The van der Waals surface area contributed by atoms with Crippen molar-refractivity contribution in [3.8, 4) is 0 Å². The summed E-state index contributed by atoms with van der Waals surface area (Å²) in [5, 5.41) is 10.2. The van der Waals surface area contributed by atoms with Crippen molar-refractivity contribution in [3.05, 3.63) is 0 Å². The van der Waals surface area contributed by atoms with Crippen LogP contribution in [-0.4, -0.2) is 9.74 Å². The third-order valence-corrected chi connectivity index (χ3v) is 9.68. The van der Waals surface area contributed by atoms with Crippen LogP contribution in [0.2, 0.25) is 0 Å². The van der Waals surface area contributed by atoms with Crippen LogP contribution in [0.5, 0.6) is 0 Å². The Morgan fingerprint density at radius 1 is 0.727 bits per heavy atom. The molecule has 1 spiro atoms. The van der Waals surface area contributed by atoms with E-state index in [1.165, 1.54) is 32.1 Å². The number of rotatable bonds is 0. The Morgan fingerprint density at radius 3 is 1.55 bits per heavy atom. The molecular formula is C19H32N2S. The fraction of sp³-hybridized carbons (Fsp3) is 1.00. The molecule has 124 valence electrons. The van der Waals surface area contributed by atoms with Crippen LogP contribution in [0.4, 0.5) is 0 Å². The van der Waals surface area contributed by atoms with E-state index in [1.54, 1.807) is 0 Å². The van der Waals surface area contributed by atoms with Gasteiger partial charge in [-0.3, -0.25) is 0 Å². The van der Waals surface area contributed by atoms with Crippen LogP contribution in [0, 0.1) is 34.5 Å². The third kappa shape index (κ3) is 1.81. The molecule has 0 aromatic heterocycles. The monoisotopic (exact) mass is 320 g/mol. The molecule has 5 rings (SSSR count). The van der Waals surface area contributed by atoms with Crippen molar-refractivity contribution < 1.29 is 0 Å². The molecule has 0 atom stereocenters. The second-order valence-electron chi connectivity index (χ2n) is 10.5. The van der Waals surface area contributed by atoms with Gasteiger partial charge in [0, 0.05) is 0 Å². The highest BCUT2D eigenvalue weighted by Crippen LogP contribution is 2.72. The zero-order chi connectivity index (χ0) is 16.0. The van der Waals surface area contributed by atoms with Crippen molar-refractivity contribution >= 4 is 11.8 Å². The lowest BCUT2D eigenvalue weighted by molar-refractivity contribution is -0.0142. The molecule has 3 heteroatoms. The summed E-state index contributed by atoms with van der Waals surface area (Å²) in [4.78, 5) is 0.0311. The highest BCUT2D eigenvalue weighted by Gasteiger charge is 2.67. The van der Waals surface area contributed by atoms with Gasteiger partial charge in [-0.15, -0.1) is 0 Å². The van der Waals surface area contributed by atoms with E-state index in [1.807, 2.05) is 0 Å². The molecule has 0 N–H and O–H groups in total. The Morgan fingerprint density at radius 2 is 1.18 bits per heavy atom. The van der Waals surface area contributed by atoms with Crippen LogP contribution >= 0.6 is 11.8 Å². The third-order valence-electron chi connectivity index (χ3n) is 7.00. The van der Waals surface area contributed by atoms with Gasteiger partial charge in [0.2, 0.25) is 0 Å². The molecule has 4 saturated carbocycles. The van der Waals surface area contributed by atoms with Gasteiger partial charge in [0.15, 0.2) is 0 Å². The molecular weight excluding hydrogens is 288 g/mol. The van der Waals surface area contributed by atoms with E-state index in [9.17, 15) is 0 Å². The van der Waals surface area contributed by atoms with E-state index in [4.69, 9.17) is 10.2 Å². The SMILES string of the molecule is CC(C)(C)C1(C(C)(C)C)N=NC2(S1)C1CC3CC(C1)CC2C3. The predicted molar refractivity (Wildman–Crippen MR) is 93.9 cm³/mol. The summed E-state index contributed by atoms with van der Waals surface area (Å²) in [7, 11) is 0. The molecule has 0 radical (unpaired) electrons. The van der Waals surface area contributed by atoms with Gasteiger partial charge >= 0.3 is 0 Å². The van der Waals surface area contributed by atoms with Crippen molar-refractivity contribution in [2.75, 3.05) is 0 Å². The second-order valence-corrected chi connectivity index (χ2v) is 12.0. The first-order chi connectivity index (χ1) is 10.1. The van der Waals surface area contributed by atoms with E-state index in [0.29, 0.717) is 0 Å². The van der Waals surface area contributed by atoms with Gasteiger partial charge in [-0.05, 0) is 66.6 Å². The highest BCUT2D eigenvalue weighted by molar-refractivity contribution is 8.02. The highest BCUT2D eigenvalue weighted by atomic mass is 32.2. The summed E-state index contributed by atoms with van der Waals surface area (Å²) in [6.45, 7) is 14.2. The van der Waals surface area contributed by atoms with Crippen LogP contribution in [0.3, 0.4) is 0 Å². The molecule has 0 unspecified atom stereocenters. The first kappa shape index (κ1) is 15.5. The van der Waals surface area contributed by atoms with Crippen LogP contribution in [0.25, 0.3) is 0 Å². The topological polar surface area (TPSA) is 24.7 Å². The van der Waals surface area contributed by atoms with Gasteiger partial charge in [-0.2, -0.15) is 10.2 Å². The lowest BCUT2D eigenvalue weighted by Gasteiger charge is -2.59. The fourth-order valence-corrected chi connectivity index (χ4v) is 8.31. The summed E-state index contributed by atoms with van der Waals surface area (Å²) in [5.41, 5.74) is 0.273. The molecule has 0 amide bonds. The molecule has 4 bridgehead atoms. The van der Waals surface area contributed by atoms with E-state index >= 15 is 0 Å². The van der Waals surface area contributed by atoms with Gasteiger partial charge in [0.1, 0.15) is 9.74 Å². The van der Waals surface area contributed by atoms with Crippen molar-refractivity contribution in [3.63, 3.8) is 0 Å². The Balaban J connectivity index is 1.74. The molecule has 22 heavy (non-hydrogen) atoms. The summed E-state index contributed by atoms with van der Waals surface area (Å²) >= 11 is 2.18. The maximum atomic E-state index is 5.14. The number of hydrogen-bond acceptors (Lipinski definition) is 3. The summed E-state index contributed by atoms with van der Waals surface area (Å²) in [6.07, 6.45) is 7.19. The summed E-state index contributed by atoms with van der Waals surface area (Å²) < 4.78 is 0. The molecule has 0 aromatic rings. The van der Waals surface area contributed by atoms with Gasteiger partial charge < -0.3 is 0 Å². The van der Waals surface area contributed by atoms with Crippen LogP contribution in [0.15, 0.2) is 10.2 Å². The number of hydrogen-bond donors (Lipinski definition) is 0.